The Kier molecular flexibility index (Phi) is 1.28. The van der Waals surface area contributed by atoms with Crippen LogP contribution in [0.3, 0.4) is 0 Å². The Labute approximate surface area is 64.1 Å². The van der Waals surface area contributed by atoms with Gasteiger partial charge in [-0.05, 0) is 19.1 Å². The second-order valence-corrected chi connectivity index (χ2v) is 2.42. The Balaban J connectivity index is 2.83. The highest BCUT2D eigenvalue weighted by Crippen LogP contribution is 2.07. The standard InChI is InChI=1S/C8H7N3/c1-6-2-3-7-4-9-10-5-8(7)11-6/h2-5H,1H3. The number of fused-ring (bicyclic) bond motifs is 1. The van der Waals surface area contributed by atoms with Crippen molar-refractivity contribution in [2.45, 2.75) is 6.92 Å². The van der Waals surface area contributed by atoms with Gasteiger partial charge in [-0.1, -0.05) is 0 Å². The predicted octanol–water partition coefficient (Wildman–Crippen LogP) is 1.33. The number of hydrogen-bond acceptors (Lipinski definition) is 3. The monoisotopic (exact) mass is 145 g/mol. The second-order valence-electron chi connectivity index (χ2n) is 2.42. The zero-order valence-corrected chi connectivity index (χ0v) is 6.15. The number of aryl methyl sites for hydroxylation is 1. The fourth-order valence-corrected chi connectivity index (χ4v) is 0.984. The van der Waals surface area contributed by atoms with E-state index in [-0.39, 0.29) is 0 Å². The lowest BCUT2D eigenvalue weighted by Gasteiger charge is -1.94. The fourth-order valence-electron chi connectivity index (χ4n) is 0.984. The van der Waals surface area contributed by atoms with Gasteiger partial charge < -0.3 is 0 Å². The molecule has 0 aromatic carbocycles. The molecule has 2 heterocycles. The van der Waals surface area contributed by atoms with Crippen molar-refractivity contribution in [3.63, 3.8) is 0 Å². The van der Waals surface area contributed by atoms with Crippen LogP contribution in [0.1, 0.15) is 5.69 Å². The van der Waals surface area contributed by atoms with Gasteiger partial charge in [0.1, 0.15) is 0 Å². The van der Waals surface area contributed by atoms with Gasteiger partial charge in [0.2, 0.25) is 0 Å². The Hall–Kier alpha value is -1.51. The third-order valence-electron chi connectivity index (χ3n) is 1.54. The average Bonchev–Trinajstić information content (AvgIpc) is 2.04. The van der Waals surface area contributed by atoms with Crippen LogP contribution in [0.4, 0.5) is 0 Å². The lowest BCUT2D eigenvalue weighted by molar-refractivity contribution is 1.04. The van der Waals surface area contributed by atoms with E-state index < -0.39 is 0 Å². The van der Waals surface area contributed by atoms with E-state index in [1.165, 1.54) is 0 Å². The summed E-state index contributed by atoms with van der Waals surface area (Å²) in [5.41, 5.74) is 1.91. The van der Waals surface area contributed by atoms with Crippen molar-refractivity contribution in [2.75, 3.05) is 0 Å². The normalized spacial score (nSPS) is 10.3. The molecule has 2 aromatic rings. The van der Waals surface area contributed by atoms with Crippen LogP contribution in [-0.4, -0.2) is 15.2 Å². The summed E-state index contributed by atoms with van der Waals surface area (Å²) in [6.07, 6.45) is 3.38. The molecular weight excluding hydrogens is 138 g/mol. The molecule has 3 nitrogen and oxygen atoms in total. The summed E-state index contributed by atoms with van der Waals surface area (Å²) in [5.74, 6) is 0. The zero-order chi connectivity index (χ0) is 7.68. The molecular formula is C8H7N3. The molecule has 54 valence electrons. The van der Waals surface area contributed by atoms with Crippen LogP contribution in [0, 0.1) is 6.92 Å². The zero-order valence-electron chi connectivity index (χ0n) is 6.15. The molecule has 0 atom stereocenters. The maximum Gasteiger partial charge on any atom is 0.0922 e. The molecule has 3 heteroatoms. The number of pyridine rings is 1. The smallest absolute Gasteiger partial charge is 0.0922 e. The van der Waals surface area contributed by atoms with Gasteiger partial charge in [0.15, 0.2) is 0 Å². The highest BCUT2D eigenvalue weighted by molar-refractivity contribution is 5.76. The highest BCUT2D eigenvalue weighted by atomic mass is 15.1. The minimum absolute atomic E-state index is 0.903. The maximum atomic E-state index is 4.27. The quantitative estimate of drug-likeness (QED) is 0.561. The minimum atomic E-state index is 0.903. The summed E-state index contributed by atoms with van der Waals surface area (Å²) < 4.78 is 0. The average molecular weight is 145 g/mol. The summed E-state index contributed by atoms with van der Waals surface area (Å²) in [6, 6.07) is 3.95. The van der Waals surface area contributed by atoms with Crippen LogP contribution in [0.15, 0.2) is 24.5 Å². The van der Waals surface area contributed by atoms with E-state index in [9.17, 15) is 0 Å². The Bertz CT molecular complexity index is 384. The van der Waals surface area contributed by atoms with Crippen LogP contribution in [0.25, 0.3) is 10.9 Å². The lowest BCUT2D eigenvalue weighted by Crippen LogP contribution is -1.85. The minimum Gasteiger partial charge on any atom is -0.251 e. The molecule has 0 aliphatic carbocycles. The molecule has 2 rings (SSSR count). The van der Waals surface area contributed by atoms with E-state index in [4.69, 9.17) is 0 Å². The van der Waals surface area contributed by atoms with Gasteiger partial charge >= 0.3 is 0 Å². The molecule has 0 saturated heterocycles. The lowest BCUT2D eigenvalue weighted by atomic mass is 10.3. The number of hydrogen-bond donors (Lipinski definition) is 0. The molecule has 0 N–H and O–H groups in total. The molecule has 11 heavy (non-hydrogen) atoms. The van der Waals surface area contributed by atoms with E-state index in [1.807, 2.05) is 19.1 Å². The van der Waals surface area contributed by atoms with Gasteiger partial charge in [-0.2, -0.15) is 10.2 Å². The van der Waals surface area contributed by atoms with Gasteiger partial charge in [-0.3, -0.25) is 4.98 Å². The van der Waals surface area contributed by atoms with Crippen LogP contribution >= 0.6 is 0 Å². The van der Waals surface area contributed by atoms with Crippen LogP contribution in [0.2, 0.25) is 0 Å². The Morgan fingerprint density at radius 2 is 1.91 bits per heavy atom. The summed E-state index contributed by atoms with van der Waals surface area (Å²) in [5, 5.41) is 8.53. The third kappa shape index (κ3) is 1.05. The summed E-state index contributed by atoms with van der Waals surface area (Å²) in [6.45, 7) is 1.96. The molecule has 0 bridgehead atoms. The van der Waals surface area contributed by atoms with Gasteiger partial charge in [-0.25, -0.2) is 0 Å². The first kappa shape index (κ1) is 6.22. The summed E-state index contributed by atoms with van der Waals surface area (Å²) >= 11 is 0. The fraction of sp³-hybridized carbons (Fsp3) is 0.125. The van der Waals surface area contributed by atoms with Gasteiger partial charge in [-0.15, -0.1) is 0 Å². The first-order valence-electron chi connectivity index (χ1n) is 3.40. The van der Waals surface area contributed by atoms with Crippen molar-refractivity contribution < 1.29 is 0 Å². The van der Waals surface area contributed by atoms with E-state index in [2.05, 4.69) is 15.2 Å². The van der Waals surface area contributed by atoms with Crippen LogP contribution in [-0.2, 0) is 0 Å². The van der Waals surface area contributed by atoms with Crippen molar-refractivity contribution in [3.05, 3.63) is 30.2 Å². The van der Waals surface area contributed by atoms with E-state index in [0.717, 1.165) is 16.6 Å². The topological polar surface area (TPSA) is 38.7 Å². The molecule has 0 unspecified atom stereocenters. The second kappa shape index (κ2) is 2.27. The van der Waals surface area contributed by atoms with Gasteiger partial charge in [0.05, 0.1) is 17.9 Å². The number of nitrogens with zero attached hydrogens (tertiary/aromatic N) is 3. The number of aromatic nitrogens is 3. The molecule has 0 spiro atoms. The number of rotatable bonds is 0. The first-order valence-corrected chi connectivity index (χ1v) is 3.40. The Morgan fingerprint density at radius 3 is 2.82 bits per heavy atom. The molecule has 0 fully saturated rings. The van der Waals surface area contributed by atoms with Gasteiger partial charge in [0.25, 0.3) is 0 Å². The van der Waals surface area contributed by atoms with Crippen molar-refractivity contribution in [2.24, 2.45) is 0 Å². The largest absolute Gasteiger partial charge is 0.251 e. The summed E-state index contributed by atoms with van der Waals surface area (Å²) in [4.78, 5) is 4.27. The van der Waals surface area contributed by atoms with Crippen molar-refractivity contribution in [1.29, 1.82) is 0 Å². The molecule has 0 aliphatic heterocycles. The van der Waals surface area contributed by atoms with E-state index in [0.29, 0.717) is 0 Å². The van der Waals surface area contributed by atoms with Crippen molar-refractivity contribution >= 4 is 10.9 Å². The molecule has 2 aromatic heterocycles. The summed E-state index contributed by atoms with van der Waals surface area (Å²) in [7, 11) is 0. The highest BCUT2D eigenvalue weighted by Gasteiger charge is 1.92. The molecule has 0 aliphatic rings. The molecule has 0 amide bonds. The van der Waals surface area contributed by atoms with Gasteiger partial charge in [0, 0.05) is 11.1 Å². The van der Waals surface area contributed by atoms with E-state index in [1.54, 1.807) is 12.4 Å². The van der Waals surface area contributed by atoms with Crippen LogP contribution in [0.5, 0.6) is 0 Å². The van der Waals surface area contributed by atoms with Crippen molar-refractivity contribution in [1.82, 2.24) is 15.2 Å². The third-order valence-corrected chi connectivity index (χ3v) is 1.54. The Morgan fingerprint density at radius 1 is 1.09 bits per heavy atom. The first-order chi connectivity index (χ1) is 5.36. The maximum absolute atomic E-state index is 4.27. The SMILES string of the molecule is Cc1ccc2cnncc2n1. The predicted molar refractivity (Wildman–Crippen MR) is 42.1 cm³/mol. The van der Waals surface area contributed by atoms with Crippen LogP contribution < -0.4 is 0 Å². The van der Waals surface area contributed by atoms with Crippen molar-refractivity contribution in [3.8, 4) is 0 Å². The van der Waals surface area contributed by atoms with E-state index >= 15 is 0 Å². The molecule has 0 saturated carbocycles. The molecule has 0 radical (unpaired) electrons.